The first kappa shape index (κ1) is 8.89. The molecule has 0 radical (unpaired) electrons. The highest BCUT2D eigenvalue weighted by Crippen LogP contribution is 2.43. The number of rotatable bonds is 2. The molecule has 78 valence electrons. The van der Waals surface area contributed by atoms with E-state index in [1.54, 1.807) is 12.3 Å². The van der Waals surface area contributed by atoms with Crippen LogP contribution in [0.4, 0.5) is 10.1 Å². The van der Waals surface area contributed by atoms with E-state index in [1.807, 2.05) is 0 Å². The third-order valence-electron chi connectivity index (χ3n) is 3.44. The van der Waals surface area contributed by atoms with Crippen LogP contribution < -0.4 is 5.32 Å². The van der Waals surface area contributed by atoms with Gasteiger partial charge in [0.2, 0.25) is 5.95 Å². The average molecular weight is 204 g/mol. The molecule has 3 heteroatoms. The van der Waals surface area contributed by atoms with Gasteiger partial charge in [-0.1, -0.05) is 12.2 Å². The second-order valence-electron chi connectivity index (χ2n) is 4.36. The smallest absolute Gasteiger partial charge is 0.212 e. The van der Waals surface area contributed by atoms with Gasteiger partial charge in [-0.25, -0.2) is 4.98 Å². The van der Waals surface area contributed by atoms with E-state index in [9.17, 15) is 4.39 Å². The van der Waals surface area contributed by atoms with Gasteiger partial charge in [0.15, 0.2) is 0 Å². The molecule has 3 unspecified atom stereocenters. The molecule has 1 aromatic rings. The fourth-order valence-corrected chi connectivity index (χ4v) is 2.56. The van der Waals surface area contributed by atoms with Gasteiger partial charge in [-0.2, -0.15) is 4.39 Å². The van der Waals surface area contributed by atoms with E-state index in [4.69, 9.17) is 0 Å². The standard InChI is InChI=1S/C12H13FN2/c13-12-5-4-9(7-14-12)15-11-6-8-2-1-3-10(8)11/h1,3-5,7-8,10-11,15H,2,6H2. The lowest BCUT2D eigenvalue weighted by atomic mass is 9.71. The normalized spacial score (nSPS) is 32.2. The summed E-state index contributed by atoms with van der Waals surface area (Å²) in [5, 5.41) is 3.40. The van der Waals surface area contributed by atoms with Crippen LogP contribution in [0.3, 0.4) is 0 Å². The minimum Gasteiger partial charge on any atom is -0.380 e. The Morgan fingerprint density at radius 2 is 2.33 bits per heavy atom. The Morgan fingerprint density at radius 3 is 3.07 bits per heavy atom. The number of nitrogens with one attached hydrogen (secondary N) is 1. The van der Waals surface area contributed by atoms with Gasteiger partial charge in [-0.15, -0.1) is 0 Å². The highest BCUT2D eigenvalue weighted by Gasteiger charge is 2.40. The molecule has 1 aromatic heterocycles. The SMILES string of the molecule is Fc1ccc(NC2CC3CC=CC32)cn1. The van der Waals surface area contributed by atoms with Gasteiger partial charge in [-0.3, -0.25) is 0 Å². The first-order chi connectivity index (χ1) is 7.33. The molecule has 1 heterocycles. The summed E-state index contributed by atoms with van der Waals surface area (Å²) in [4.78, 5) is 3.63. The minimum absolute atomic E-state index is 0.423. The maximum absolute atomic E-state index is 12.6. The lowest BCUT2D eigenvalue weighted by Crippen LogP contribution is -2.43. The van der Waals surface area contributed by atoms with Crippen molar-refractivity contribution < 1.29 is 4.39 Å². The van der Waals surface area contributed by atoms with Gasteiger partial charge in [0.25, 0.3) is 0 Å². The third kappa shape index (κ3) is 1.52. The van der Waals surface area contributed by atoms with Gasteiger partial charge >= 0.3 is 0 Å². The Bertz CT molecular complexity index is 385. The Balaban J connectivity index is 1.66. The predicted molar refractivity (Wildman–Crippen MR) is 57.0 cm³/mol. The van der Waals surface area contributed by atoms with Crippen LogP contribution in [0.2, 0.25) is 0 Å². The van der Waals surface area contributed by atoms with Crippen molar-refractivity contribution in [2.24, 2.45) is 11.8 Å². The molecule has 1 fully saturated rings. The maximum atomic E-state index is 12.6. The number of halogens is 1. The van der Waals surface area contributed by atoms with E-state index in [0.29, 0.717) is 12.0 Å². The number of allylic oxidation sites excluding steroid dienone is 1. The molecule has 0 amide bonds. The van der Waals surface area contributed by atoms with Gasteiger partial charge in [0.05, 0.1) is 11.9 Å². The number of pyridine rings is 1. The topological polar surface area (TPSA) is 24.9 Å². The fourth-order valence-electron chi connectivity index (χ4n) is 2.56. The van der Waals surface area contributed by atoms with E-state index in [-0.39, 0.29) is 0 Å². The maximum Gasteiger partial charge on any atom is 0.212 e. The zero-order valence-electron chi connectivity index (χ0n) is 8.36. The molecule has 0 aromatic carbocycles. The van der Waals surface area contributed by atoms with E-state index in [2.05, 4.69) is 22.5 Å². The number of anilines is 1. The molecule has 2 aliphatic rings. The number of hydrogen-bond acceptors (Lipinski definition) is 2. The molecule has 3 atom stereocenters. The monoisotopic (exact) mass is 204 g/mol. The van der Waals surface area contributed by atoms with E-state index in [0.717, 1.165) is 11.6 Å². The van der Waals surface area contributed by atoms with Crippen molar-refractivity contribution >= 4 is 5.69 Å². The molecule has 0 saturated heterocycles. The third-order valence-corrected chi connectivity index (χ3v) is 3.44. The minimum atomic E-state index is -0.423. The molecule has 0 aliphatic heterocycles. The highest BCUT2D eigenvalue weighted by atomic mass is 19.1. The predicted octanol–water partition coefficient (Wildman–Crippen LogP) is 2.60. The first-order valence-corrected chi connectivity index (χ1v) is 5.38. The molecule has 2 aliphatic carbocycles. The summed E-state index contributed by atoms with van der Waals surface area (Å²) >= 11 is 0. The number of fused-ring (bicyclic) bond motifs is 1. The molecular formula is C12H13FN2. The molecular weight excluding hydrogens is 191 g/mol. The zero-order chi connectivity index (χ0) is 10.3. The van der Waals surface area contributed by atoms with Crippen LogP contribution in [0, 0.1) is 17.8 Å². The zero-order valence-corrected chi connectivity index (χ0v) is 8.36. The molecule has 1 N–H and O–H groups in total. The lowest BCUT2D eigenvalue weighted by Gasteiger charge is -2.41. The summed E-state index contributed by atoms with van der Waals surface area (Å²) < 4.78 is 12.6. The second-order valence-corrected chi connectivity index (χ2v) is 4.36. The summed E-state index contributed by atoms with van der Waals surface area (Å²) in [6.45, 7) is 0. The largest absolute Gasteiger partial charge is 0.380 e. The fraction of sp³-hybridized carbons (Fsp3) is 0.417. The van der Waals surface area contributed by atoms with Crippen molar-refractivity contribution in [2.75, 3.05) is 5.32 Å². The van der Waals surface area contributed by atoms with Crippen LogP contribution >= 0.6 is 0 Å². The highest BCUT2D eigenvalue weighted by molar-refractivity contribution is 5.42. The summed E-state index contributed by atoms with van der Waals surface area (Å²) in [5.41, 5.74) is 0.917. The Kier molecular flexibility index (Phi) is 1.97. The van der Waals surface area contributed by atoms with Gasteiger partial charge in [-0.05, 0) is 30.9 Å². The van der Waals surface area contributed by atoms with Crippen molar-refractivity contribution in [2.45, 2.75) is 18.9 Å². The van der Waals surface area contributed by atoms with E-state index < -0.39 is 5.95 Å². The number of hydrogen-bond donors (Lipinski definition) is 1. The Labute approximate surface area is 88.2 Å². The van der Waals surface area contributed by atoms with Crippen LogP contribution in [-0.4, -0.2) is 11.0 Å². The lowest BCUT2D eigenvalue weighted by molar-refractivity contribution is 0.218. The summed E-state index contributed by atoms with van der Waals surface area (Å²) in [6, 6.07) is 3.65. The van der Waals surface area contributed by atoms with Crippen LogP contribution in [-0.2, 0) is 0 Å². The van der Waals surface area contributed by atoms with Crippen LogP contribution in [0.5, 0.6) is 0 Å². The van der Waals surface area contributed by atoms with Crippen molar-refractivity contribution in [1.82, 2.24) is 4.98 Å². The quantitative estimate of drug-likeness (QED) is 0.591. The summed E-state index contributed by atoms with van der Waals surface area (Å²) in [6.07, 6.45) is 8.56. The Hall–Kier alpha value is -1.38. The van der Waals surface area contributed by atoms with Crippen molar-refractivity contribution in [3.8, 4) is 0 Å². The van der Waals surface area contributed by atoms with Crippen molar-refractivity contribution in [3.05, 3.63) is 36.4 Å². The van der Waals surface area contributed by atoms with Gasteiger partial charge in [0, 0.05) is 12.0 Å². The molecule has 2 nitrogen and oxygen atoms in total. The van der Waals surface area contributed by atoms with Gasteiger partial charge in [0.1, 0.15) is 0 Å². The summed E-state index contributed by atoms with van der Waals surface area (Å²) in [7, 11) is 0. The van der Waals surface area contributed by atoms with Crippen LogP contribution in [0.1, 0.15) is 12.8 Å². The molecule has 3 rings (SSSR count). The number of aromatic nitrogens is 1. The van der Waals surface area contributed by atoms with Crippen molar-refractivity contribution in [3.63, 3.8) is 0 Å². The van der Waals surface area contributed by atoms with Crippen LogP contribution in [0.15, 0.2) is 30.5 Å². The van der Waals surface area contributed by atoms with Crippen molar-refractivity contribution in [1.29, 1.82) is 0 Å². The first-order valence-electron chi connectivity index (χ1n) is 5.38. The summed E-state index contributed by atoms with van der Waals surface area (Å²) in [5.74, 6) is 1.10. The molecule has 0 bridgehead atoms. The molecule has 0 spiro atoms. The Morgan fingerprint density at radius 1 is 1.40 bits per heavy atom. The van der Waals surface area contributed by atoms with Gasteiger partial charge < -0.3 is 5.32 Å². The average Bonchev–Trinajstić information content (AvgIpc) is 2.59. The van der Waals surface area contributed by atoms with Crippen LogP contribution in [0.25, 0.3) is 0 Å². The molecule has 1 saturated carbocycles. The second kappa shape index (κ2) is 3.33. The van der Waals surface area contributed by atoms with E-state index in [1.165, 1.54) is 18.9 Å². The number of nitrogens with zero attached hydrogens (tertiary/aromatic N) is 1. The van der Waals surface area contributed by atoms with E-state index >= 15 is 0 Å². The molecule has 15 heavy (non-hydrogen) atoms.